The fraction of sp³-hybridized carbons (Fsp3) is 0.467. The van der Waals surface area contributed by atoms with E-state index >= 15 is 0 Å². The number of alkyl halides is 3. The molecule has 1 aromatic heterocycles. The summed E-state index contributed by atoms with van der Waals surface area (Å²) in [6, 6.07) is 7.58. The van der Waals surface area contributed by atoms with Gasteiger partial charge in [0.05, 0.1) is 12.7 Å². The summed E-state index contributed by atoms with van der Waals surface area (Å²) in [5.74, 6) is 0.781. The Morgan fingerprint density at radius 1 is 1.19 bits per heavy atom. The molecule has 0 aliphatic rings. The van der Waals surface area contributed by atoms with Crippen LogP contribution in [0.15, 0.2) is 30.5 Å². The van der Waals surface area contributed by atoms with Crippen LogP contribution in [0, 0.1) is 0 Å². The predicted molar refractivity (Wildman–Crippen MR) is 74.6 cm³/mol. The third-order valence-electron chi connectivity index (χ3n) is 2.86. The molecule has 116 valence electrons. The number of hydrogen-bond donors (Lipinski definition) is 0. The summed E-state index contributed by atoms with van der Waals surface area (Å²) >= 11 is 0. The molecule has 0 saturated carbocycles. The normalized spacial score (nSPS) is 12.3. The van der Waals surface area contributed by atoms with E-state index in [0.29, 0.717) is 6.54 Å². The van der Waals surface area contributed by atoms with Crippen molar-refractivity contribution in [2.24, 2.45) is 0 Å². The molecule has 0 spiro atoms. The lowest BCUT2D eigenvalue weighted by Crippen LogP contribution is -2.18. The number of rotatable bonds is 6. The Morgan fingerprint density at radius 3 is 2.62 bits per heavy atom. The van der Waals surface area contributed by atoms with Crippen LogP contribution in [0.3, 0.4) is 0 Å². The first-order chi connectivity index (χ1) is 9.85. The molecule has 1 aromatic carbocycles. The highest BCUT2D eigenvalue weighted by Gasteiger charge is 2.27. The zero-order chi connectivity index (χ0) is 15.5. The van der Waals surface area contributed by atoms with Gasteiger partial charge in [-0.05, 0) is 38.1 Å². The minimum atomic E-state index is -4.28. The molecule has 0 aliphatic heterocycles. The van der Waals surface area contributed by atoms with Gasteiger partial charge in [0, 0.05) is 23.6 Å². The van der Waals surface area contributed by atoms with Gasteiger partial charge < -0.3 is 14.0 Å². The van der Waals surface area contributed by atoms with E-state index in [2.05, 4.69) is 4.74 Å². The molecule has 0 amide bonds. The van der Waals surface area contributed by atoms with Crippen LogP contribution in [0.25, 0.3) is 10.9 Å². The summed E-state index contributed by atoms with van der Waals surface area (Å²) in [5, 5.41) is 0.990. The van der Waals surface area contributed by atoms with Gasteiger partial charge in [-0.25, -0.2) is 0 Å². The zero-order valence-corrected chi connectivity index (χ0v) is 12.0. The lowest BCUT2D eigenvalue weighted by molar-refractivity contribution is -0.174. The minimum absolute atomic E-state index is 0.0214. The standard InChI is InChI=1S/C15H18F3NO2/c1-11(2)21-13-3-4-14-12(9-13)5-6-19(14)7-8-20-10-15(16,17)18/h3-6,9,11H,7-8,10H2,1-2H3. The monoisotopic (exact) mass is 301 g/mol. The van der Waals surface area contributed by atoms with Crippen LogP contribution >= 0.6 is 0 Å². The van der Waals surface area contributed by atoms with Gasteiger partial charge in [0.25, 0.3) is 0 Å². The van der Waals surface area contributed by atoms with Crippen molar-refractivity contribution in [3.63, 3.8) is 0 Å². The fourth-order valence-electron chi connectivity index (χ4n) is 2.07. The molecular formula is C15H18F3NO2. The van der Waals surface area contributed by atoms with Crippen molar-refractivity contribution in [1.82, 2.24) is 4.57 Å². The minimum Gasteiger partial charge on any atom is -0.491 e. The van der Waals surface area contributed by atoms with E-state index in [0.717, 1.165) is 16.7 Å². The SMILES string of the molecule is CC(C)Oc1ccc2c(ccn2CCOCC(F)(F)F)c1. The average Bonchev–Trinajstić information content (AvgIpc) is 2.75. The smallest absolute Gasteiger partial charge is 0.411 e. The van der Waals surface area contributed by atoms with E-state index in [9.17, 15) is 13.2 Å². The number of nitrogens with zero attached hydrogens (tertiary/aromatic N) is 1. The van der Waals surface area contributed by atoms with Crippen molar-refractivity contribution in [3.05, 3.63) is 30.5 Å². The molecule has 0 atom stereocenters. The molecule has 0 radical (unpaired) electrons. The summed E-state index contributed by atoms with van der Waals surface area (Å²) in [7, 11) is 0. The third-order valence-corrected chi connectivity index (χ3v) is 2.86. The second-order valence-corrected chi connectivity index (χ2v) is 5.06. The summed E-state index contributed by atoms with van der Waals surface area (Å²) in [5.41, 5.74) is 0.946. The van der Waals surface area contributed by atoms with Crippen molar-refractivity contribution in [2.45, 2.75) is 32.7 Å². The summed E-state index contributed by atoms with van der Waals surface area (Å²) in [6.45, 7) is 3.09. The maximum absolute atomic E-state index is 12.0. The van der Waals surface area contributed by atoms with E-state index < -0.39 is 12.8 Å². The van der Waals surface area contributed by atoms with E-state index in [1.54, 1.807) is 0 Å². The maximum Gasteiger partial charge on any atom is 0.411 e. The maximum atomic E-state index is 12.0. The number of ether oxygens (including phenoxy) is 2. The molecule has 3 nitrogen and oxygen atoms in total. The Morgan fingerprint density at radius 2 is 1.95 bits per heavy atom. The average molecular weight is 301 g/mol. The molecule has 0 aliphatic carbocycles. The second kappa shape index (κ2) is 6.39. The van der Waals surface area contributed by atoms with Crippen LogP contribution in [0.5, 0.6) is 5.75 Å². The Balaban J connectivity index is 1.98. The highest BCUT2D eigenvalue weighted by Crippen LogP contribution is 2.23. The first kappa shape index (κ1) is 15.7. The van der Waals surface area contributed by atoms with Gasteiger partial charge in [-0.2, -0.15) is 13.2 Å². The van der Waals surface area contributed by atoms with Crippen LogP contribution in [0.1, 0.15) is 13.8 Å². The number of aromatic nitrogens is 1. The van der Waals surface area contributed by atoms with Crippen LogP contribution in [0.2, 0.25) is 0 Å². The summed E-state index contributed by atoms with van der Waals surface area (Å²) in [6.07, 6.45) is -2.34. The van der Waals surface area contributed by atoms with Gasteiger partial charge >= 0.3 is 6.18 Å². The Labute approximate surface area is 121 Å². The number of halogens is 3. The molecular weight excluding hydrogens is 283 g/mol. The van der Waals surface area contributed by atoms with Gasteiger partial charge in [-0.3, -0.25) is 0 Å². The highest BCUT2D eigenvalue weighted by molar-refractivity contribution is 5.81. The molecule has 0 saturated heterocycles. The molecule has 6 heteroatoms. The molecule has 0 fully saturated rings. The Kier molecular flexibility index (Phi) is 4.77. The molecule has 2 rings (SSSR count). The van der Waals surface area contributed by atoms with Crippen LogP contribution < -0.4 is 4.74 Å². The van der Waals surface area contributed by atoms with Gasteiger partial charge in [-0.15, -0.1) is 0 Å². The van der Waals surface area contributed by atoms with Crippen LogP contribution in [0.4, 0.5) is 13.2 Å². The molecule has 21 heavy (non-hydrogen) atoms. The first-order valence-corrected chi connectivity index (χ1v) is 6.75. The Hall–Kier alpha value is -1.69. The van der Waals surface area contributed by atoms with Gasteiger partial charge in [0.2, 0.25) is 0 Å². The largest absolute Gasteiger partial charge is 0.491 e. The lowest BCUT2D eigenvalue weighted by Gasteiger charge is -2.11. The van der Waals surface area contributed by atoms with Crippen molar-refractivity contribution < 1.29 is 22.6 Å². The predicted octanol–water partition coefficient (Wildman–Crippen LogP) is 4.01. The molecule has 0 unspecified atom stereocenters. The van der Waals surface area contributed by atoms with E-state index in [-0.39, 0.29) is 12.7 Å². The first-order valence-electron chi connectivity index (χ1n) is 6.75. The summed E-state index contributed by atoms with van der Waals surface area (Å²) in [4.78, 5) is 0. The van der Waals surface area contributed by atoms with Gasteiger partial charge in [0.1, 0.15) is 12.4 Å². The molecule has 0 N–H and O–H groups in total. The molecule has 0 bridgehead atoms. The summed E-state index contributed by atoms with van der Waals surface area (Å²) < 4.78 is 48.0. The highest BCUT2D eigenvalue weighted by atomic mass is 19.4. The van der Waals surface area contributed by atoms with E-state index in [1.165, 1.54) is 0 Å². The second-order valence-electron chi connectivity index (χ2n) is 5.06. The number of fused-ring (bicyclic) bond motifs is 1. The Bertz CT molecular complexity index is 590. The fourth-order valence-corrected chi connectivity index (χ4v) is 2.07. The van der Waals surface area contributed by atoms with Crippen molar-refractivity contribution in [1.29, 1.82) is 0 Å². The van der Waals surface area contributed by atoms with Crippen LogP contribution in [-0.2, 0) is 11.3 Å². The third kappa shape index (κ3) is 4.67. The van der Waals surface area contributed by atoms with Crippen molar-refractivity contribution >= 4 is 10.9 Å². The number of benzene rings is 1. The molecule has 2 aromatic rings. The lowest BCUT2D eigenvalue weighted by atomic mass is 10.2. The number of hydrogen-bond acceptors (Lipinski definition) is 2. The zero-order valence-electron chi connectivity index (χ0n) is 12.0. The topological polar surface area (TPSA) is 23.4 Å². The molecule has 1 heterocycles. The van der Waals surface area contributed by atoms with E-state index in [4.69, 9.17) is 4.74 Å². The van der Waals surface area contributed by atoms with E-state index in [1.807, 2.05) is 48.9 Å². The van der Waals surface area contributed by atoms with Crippen molar-refractivity contribution in [2.75, 3.05) is 13.2 Å². The van der Waals surface area contributed by atoms with Crippen LogP contribution in [-0.4, -0.2) is 30.1 Å². The quantitative estimate of drug-likeness (QED) is 0.753. The van der Waals surface area contributed by atoms with Crippen molar-refractivity contribution in [3.8, 4) is 5.75 Å². The van der Waals surface area contributed by atoms with Gasteiger partial charge in [-0.1, -0.05) is 0 Å². The van der Waals surface area contributed by atoms with Gasteiger partial charge in [0.15, 0.2) is 0 Å².